The van der Waals surface area contributed by atoms with Crippen molar-refractivity contribution in [1.29, 1.82) is 5.26 Å². The molecule has 1 aliphatic heterocycles. The number of piperidine rings is 1. The maximum Gasteiger partial charge on any atom is 0.238 e. The topological polar surface area (TPSA) is 90.9 Å². The Morgan fingerprint density at radius 2 is 1.97 bits per heavy atom. The molecule has 4 rings (SSSR count). The molecule has 162 valence electrons. The molecular weight excluding hydrogens is 411 g/mol. The molecule has 1 heterocycles. The van der Waals surface area contributed by atoms with E-state index in [1.807, 2.05) is 30.3 Å². The Labute approximate surface area is 186 Å². The summed E-state index contributed by atoms with van der Waals surface area (Å²) in [4.78, 5) is 13.7. The normalized spacial score (nSPS) is 27.6. The number of hydrogen-bond donors (Lipinski definition) is 3. The molecule has 2 aromatic carbocycles. The first-order valence-electron chi connectivity index (χ1n) is 10.6. The number of rotatable bonds is 6. The Morgan fingerprint density at radius 3 is 2.55 bits per heavy atom. The third-order valence-electron chi connectivity index (χ3n) is 7.04. The van der Waals surface area contributed by atoms with Crippen LogP contribution < -0.4 is 15.8 Å². The second-order valence-electron chi connectivity index (χ2n) is 8.71. The lowest BCUT2D eigenvalue weighted by atomic mass is 9.84. The summed E-state index contributed by atoms with van der Waals surface area (Å²) in [7, 11) is 0. The third-order valence-corrected chi connectivity index (χ3v) is 7.59. The minimum atomic E-state index is -0.776. The minimum Gasteiger partial charge on any atom is -0.339 e. The molecule has 2 fully saturated rings. The van der Waals surface area contributed by atoms with Gasteiger partial charge < -0.3 is 10.6 Å². The fourth-order valence-electron chi connectivity index (χ4n) is 4.99. The van der Waals surface area contributed by atoms with E-state index in [4.69, 9.17) is 5.14 Å². The number of hydrogen-bond acceptors (Lipinski definition) is 5. The highest BCUT2D eigenvalue weighted by molar-refractivity contribution is 7.97. The van der Waals surface area contributed by atoms with Crippen LogP contribution in [0.5, 0.6) is 0 Å². The molecule has 1 aliphatic carbocycles. The molecule has 4 N–H and O–H groups in total. The first kappa shape index (κ1) is 21.8. The first-order valence-corrected chi connectivity index (χ1v) is 11.5. The average molecular weight is 439 g/mol. The predicted molar refractivity (Wildman–Crippen MR) is 120 cm³/mol. The van der Waals surface area contributed by atoms with Gasteiger partial charge >= 0.3 is 0 Å². The van der Waals surface area contributed by atoms with E-state index >= 15 is 0 Å². The molecule has 31 heavy (non-hydrogen) atoms. The van der Waals surface area contributed by atoms with Crippen molar-refractivity contribution < 1.29 is 9.18 Å². The van der Waals surface area contributed by atoms with Crippen LogP contribution in [0.1, 0.15) is 25.8 Å². The number of nitriles is 1. The second kappa shape index (κ2) is 8.99. The number of carbonyl (C=O) groups is 1. The van der Waals surface area contributed by atoms with Crippen molar-refractivity contribution in [2.45, 2.75) is 49.7 Å². The fourth-order valence-corrected chi connectivity index (χ4v) is 5.28. The number of nitrogens with one attached hydrogen (secondary N) is 2. The van der Waals surface area contributed by atoms with Crippen LogP contribution in [0.2, 0.25) is 0 Å². The largest absolute Gasteiger partial charge is 0.339 e. The first-order chi connectivity index (χ1) is 14.9. The van der Waals surface area contributed by atoms with E-state index in [0.717, 1.165) is 34.4 Å². The number of fused-ring (bicyclic) bond motifs is 2. The Bertz CT molecular complexity index is 1000. The van der Waals surface area contributed by atoms with Crippen molar-refractivity contribution in [3.63, 3.8) is 0 Å². The summed E-state index contributed by atoms with van der Waals surface area (Å²) in [6, 6.07) is 14.0. The van der Waals surface area contributed by atoms with Gasteiger partial charge in [-0.15, -0.1) is 0 Å². The number of amides is 1. The highest BCUT2D eigenvalue weighted by Crippen LogP contribution is 2.44. The quantitative estimate of drug-likeness (QED) is 0.599. The number of carbonyl (C=O) groups excluding carboxylic acids is 1. The van der Waals surface area contributed by atoms with E-state index in [2.05, 4.69) is 30.6 Å². The Morgan fingerprint density at radius 1 is 1.26 bits per heavy atom. The molecule has 5 nitrogen and oxygen atoms in total. The van der Waals surface area contributed by atoms with Gasteiger partial charge in [-0.2, -0.15) is 5.26 Å². The van der Waals surface area contributed by atoms with Crippen molar-refractivity contribution in [3.05, 3.63) is 53.8 Å². The lowest BCUT2D eigenvalue weighted by Gasteiger charge is -2.32. The minimum absolute atomic E-state index is 0.129. The third kappa shape index (κ3) is 4.33. The summed E-state index contributed by atoms with van der Waals surface area (Å²) in [5.41, 5.74) is 2.05. The summed E-state index contributed by atoms with van der Waals surface area (Å²) in [6.45, 7) is 4.41. The van der Waals surface area contributed by atoms with Gasteiger partial charge in [0.25, 0.3) is 0 Å². The van der Waals surface area contributed by atoms with Gasteiger partial charge in [0.2, 0.25) is 5.91 Å². The standard InChI is InChI=1S/C24H27FN4OS/c1-13-14(2)22-11-20(13)23(29-22)24(30)28-18(12-26)9-17-4-3-16(10-21(17)25)15-5-7-19(31-27)8-6-15/h3-8,10,13-14,18,20,22-23,29H,9,11,27H2,1-2H3,(H,28,30)/t13?,14-,18-,20?,22?,23?/m0/s1. The molecule has 0 radical (unpaired) electrons. The van der Waals surface area contributed by atoms with E-state index < -0.39 is 6.04 Å². The van der Waals surface area contributed by atoms with Crippen LogP contribution in [0.15, 0.2) is 47.4 Å². The van der Waals surface area contributed by atoms with Crippen molar-refractivity contribution in [2.75, 3.05) is 0 Å². The molecule has 1 saturated carbocycles. The van der Waals surface area contributed by atoms with Crippen LogP contribution in [0, 0.1) is 34.9 Å². The molecule has 4 unspecified atom stereocenters. The van der Waals surface area contributed by atoms with Crippen molar-refractivity contribution in [3.8, 4) is 17.2 Å². The zero-order valence-corrected chi connectivity index (χ0v) is 18.5. The second-order valence-corrected chi connectivity index (χ2v) is 9.42. The predicted octanol–water partition coefficient (Wildman–Crippen LogP) is 3.64. The summed E-state index contributed by atoms with van der Waals surface area (Å²) in [5, 5.41) is 21.3. The van der Waals surface area contributed by atoms with Gasteiger partial charge in [0, 0.05) is 17.4 Å². The lowest BCUT2D eigenvalue weighted by molar-refractivity contribution is -0.125. The SMILES string of the molecule is CC1C2CC(NC2C(=O)N[C@H](C#N)Cc2ccc(-c3ccc(SN)cc3)cc2F)[C@H]1C. The molecule has 1 saturated heterocycles. The van der Waals surface area contributed by atoms with Crippen LogP contribution in [-0.2, 0) is 11.2 Å². The summed E-state index contributed by atoms with van der Waals surface area (Å²) in [6.07, 6.45) is 1.13. The van der Waals surface area contributed by atoms with Crippen LogP contribution in [0.4, 0.5) is 4.39 Å². The van der Waals surface area contributed by atoms with Gasteiger partial charge in [-0.3, -0.25) is 9.93 Å². The van der Waals surface area contributed by atoms with Crippen LogP contribution in [0.3, 0.4) is 0 Å². The van der Waals surface area contributed by atoms with Gasteiger partial charge in [-0.25, -0.2) is 4.39 Å². The van der Waals surface area contributed by atoms with E-state index in [1.54, 1.807) is 6.07 Å². The Balaban J connectivity index is 1.41. The zero-order chi connectivity index (χ0) is 22.1. The average Bonchev–Trinajstić information content (AvgIpc) is 3.34. The van der Waals surface area contributed by atoms with Crippen molar-refractivity contribution in [2.24, 2.45) is 22.9 Å². The molecule has 2 aliphatic rings. The summed E-state index contributed by atoms with van der Waals surface area (Å²) in [5.74, 6) is 0.778. The summed E-state index contributed by atoms with van der Waals surface area (Å²) >= 11 is 1.16. The van der Waals surface area contributed by atoms with Gasteiger partial charge in [0.05, 0.1) is 12.1 Å². The van der Waals surface area contributed by atoms with Crippen molar-refractivity contribution in [1.82, 2.24) is 10.6 Å². The van der Waals surface area contributed by atoms with E-state index in [0.29, 0.717) is 29.4 Å². The molecule has 7 heteroatoms. The number of nitrogens with two attached hydrogens (primary N) is 1. The molecular formula is C24H27FN4OS. The maximum absolute atomic E-state index is 14.8. The van der Waals surface area contributed by atoms with E-state index in [-0.39, 0.29) is 24.2 Å². The van der Waals surface area contributed by atoms with E-state index in [1.165, 1.54) is 6.07 Å². The van der Waals surface area contributed by atoms with Gasteiger partial charge in [-0.05, 0) is 71.0 Å². The van der Waals surface area contributed by atoms with E-state index in [9.17, 15) is 14.4 Å². The number of nitrogens with zero attached hydrogens (tertiary/aromatic N) is 1. The highest BCUT2D eigenvalue weighted by Gasteiger charge is 2.51. The Kier molecular flexibility index (Phi) is 6.33. The van der Waals surface area contributed by atoms with Crippen LogP contribution >= 0.6 is 11.9 Å². The maximum atomic E-state index is 14.8. The molecule has 2 bridgehead atoms. The smallest absolute Gasteiger partial charge is 0.238 e. The van der Waals surface area contributed by atoms with Gasteiger partial charge in [-0.1, -0.05) is 38.1 Å². The van der Waals surface area contributed by atoms with Crippen LogP contribution in [0.25, 0.3) is 11.1 Å². The lowest BCUT2D eigenvalue weighted by Crippen LogP contribution is -2.54. The molecule has 1 amide bonds. The number of halogens is 1. The molecule has 2 aromatic rings. The molecule has 0 spiro atoms. The zero-order valence-electron chi connectivity index (χ0n) is 17.6. The number of benzene rings is 2. The van der Waals surface area contributed by atoms with Gasteiger partial charge in [0.15, 0.2) is 0 Å². The molecule has 6 atom stereocenters. The van der Waals surface area contributed by atoms with Gasteiger partial charge in [0.1, 0.15) is 11.9 Å². The monoisotopic (exact) mass is 438 g/mol. The van der Waals surface area contributed by atoms with Crippen molar-refractivity contribution >= 4 is 17.9 Å². The summed E-state index contributed by atoms with van der Waals surface area (Å²) < 4.78 is 14.8. The Hall–Kier alpha value is -2.40. The highest BCUT2D eigenvalue weighted by atomic mass is 32.2. The van der Waals surface area contributed by atoms with Crippen LogP contribution in [-0.4, -0.2) is 24.0 Å². The fraction of sp³-hybridized carbons (Fsp3) is 0.417. The molecule has 0 aromatic heterocycles.